The van der Waals surface area contributed by atoms with Crippen LogP contribution in [0.3, 0.4) is 0 Å². The zero-order valence-corrected chi connectivity index (χ0v) is 10.8. The first-order valence-electron chi connectivity index (χ1n) is 5.35. The van der Waals surface area contributed by atoms with Crippen LogP contribution in [0.2, 0.25) is 5.15 Å². The van der Waals surface area contributed by atoms with Crippen LogP contribution in [-0.4, -0.2) is 23.2 Å². The average Bonchev–Trinajstić information content (AvgIpc) is 2.46. The number of nitrogens with zero attached hydrogens (tertiary/aromatic N) is 3. The van der Waals surface area contributed by atoms with Crippen LogP contribution >= 0.6 is 11.6 Å². The lowest BCUT2D eigenvalue weighted by Crippen LogP contribution is -2.38. The van der Waals surface area contributed by atoms with Crippen LogP contribution < -0.4 is 15.6 Å². The predicted octanol–water partition coefficient (Wildman–Crippen LogP) is 1.66. The van der Waals surface area contributed by atoms with Gasteiger partial charge in [0.1, 0.15) is 5.75 Å². The van der Waals surface area contributed by atoms with Crippen molar-refractivity contribution in [2.24, 2.45) is 5.84 Å². The minimum absolute atomic E-state index is 0.195. The highest BCUT2D eigenvalue weighted by Crippen LogP contribution is 2.20. The molecule has 1 heterocycles. The van der Waals surface area contributed by atoms with Crippen LogP contribution in [0.1, 0.15) is 10.4 Å². The molecule has 0 aliphatic carbocycles. The molecule has 7 heteroatoms. The number of rotatable bonds is 3. The molecule has 0 aliphatic rings. The maximum absolute atomic E-state index is 12.2. The monoisotopic (exact) mass is 278 g/mol. The van der Waals surface area contributed by atoms with Crippen molar-refractivity contribution in [1.29, 1.82) is 0 Å². The molecule has 19 heavy (non-hydrogen) atoms. The molecule has 1 amide bonds. The normalized spacial score (nSPS) is 10.1. The van der Waals surface area contributed by atoms with Gasteiger partial charge >= 0.3 is 0 Å². The molecule has 98 valence electrons. The molecule has 2 N–H and O–H groups in total. The third kappa shape index (κ3) is 2.81. The molecule has 1 aromatic heterocycles. The number of ether oxygens (including phenoxy) is 1. The molecular weight excluding hydrogens is 268 g/mol. The number of carbonyl (C=O) groups is 1. The Morgan fingerprint density at radius 3 is 2.63 bits per heavy atom. The molecule has 0 spiro atoms. The van der Waals surface area contributed by atoms with E-state index in [-0.39, 0.29) is 11.0 Å². The molecule has 0 saturated carbocycles. The SMILES string of the molecule is COc1ccccc1C(=O)N(N)c1ccc(Cl)nn1. The van der Waals surface area contributed by atoms with Gasteiger partial charge in [0.25, 0.3) is 5.91 Å². The van der Waals surface area contributed by atoms with Crippen molar-refractivity contribution in [3.05, 3.63) is 47.1 Å². The van der Waals surface area contributed by atoms with E-state index in [0.717, 1.165) is 5.01 Å². The van der Waals surface area contributed by atoms with E-state index in [1.807, 2.05) is 0 Å². The number of carbonyl (C=O) groups excluding carboxylic acids is 1. The van der Waals surface area contributed by atoms with Crippen LogP contribution in [0.4, 0.5) is 5.82 Å². The number of methoxy groups -OCH3 is 1. The standard InChI is InChI=1S/C12H11ClN4O2/c1-19-9-5-3-2-4-8(9)12(18)17(14)11-7-6-10(13)15-16-11/h2-7H,14H2,1H3. The third-order valence-electron chi connectivity index (χ3n) is 2.42. The number of hydrogen-bond acceptors (Lipinski definition) is 5. The number of hydrogen-bond donors (Lipinski definition) is 1. The Morgan fingerprint density at radius 2 is 2.00 bits per heavy atom. The molecule has 6 nitrogen and oxygen atoms in total. The van der Waals surface area contributed by atoms with Gasteiger partial charge in [0, 0.05) is 0 Å². The van der Waals surface area contributed by atoms with Gasteiger partial charge in [-0.25, -0.2) is 10.9 Å². The fraction of sp³-hybridized carbons (Fsp3) is 0.0833. The number of amides is 1. The van der Waals surface area contributed by atoms with E-state index in [9.17, 15) is 4.79 Å². The lowest BCUT2D eigenvalue weighted by molar-refractivity contribution is 0.0983. The van der Waals surface area contributed by atoms with Crippen LogP contribution in [-0.2, 0) is 0 Å². The molecule has 2 aromatic rings. The zero-order valence-electron chi connectivity index (χ0n) is 10.1. The van der Waals surface area contributed by atoms with E-state index in [2.05, 4.69) is 10.2 Å². The van der Waals surface area contributed by atoms with Gasteiger partial charge < -0.3 is 4.74 Å². The Hall–Kier alpha value is -2.18. The maximum atomic E-state index is 12.2. The van der Waals surface area contributed by atoms with Gasteiger partial charge in [0.05, 0.1) is 12.7 Å². The topological polar surface area (TPSA) is 81.3 Å². The Balaban J connectivity index is 2.30. The van der Waals surface area contributed by atoms with Crippen LogP contribution in [0, 0.1) is 0 Å². The molecule has 0 saturated heterocycles. The molecule has 0 fully saturated rings. The maximum Gasteiger partial charge on any atom is 0.277 e. The van der Waals surface area contributed by atoms with E-state index in [1.165, 1.54) is 19.2 Å². The second-order valence-corrected chi connectivity index (χ2v) is 3.98. The van der Waals surface area contributed by atoms with Gasteiger partial charge in [-0.1, -0.05) is 23.7 Å². The summed E-state index contributed by atoms with van der Waals surface area (Å²) in [4.78, 5) is 12.2. The van der Waals surface area contributed by atoms with Crippen LogP contribution in [0.5, 0.6) is 5.75 Å². The number of anilines is 1. The average molecular weight is 279 g/mol. The van der Waals surface area contributed by atoms with Gasteiger partial charge in [0.15, 0.2) is 11.0 Å². The molecule has 2 rings (SSSR count). The lowest BCUT2D eigenvalue weighted by Gasteiger charge is -2.16. The molecule has 1 aromatic carbocycles. The first-order chi connectivity index (χ1) is 9.13. The van der Waals surface area contributed by atoms with Crippen LogP contribution in [0.25, 0.3) is 0 Å². The summed E-state index contributed by atoms with van der Waals surface area (Å²) in [5.74, 6) is 5.91. The quantitative estimate of drug-likeness (QED) is 0.524. The van der Waals surface area contributed by atoms with E-state index in [0.29, 0.717) is 11.3 Å². The first kappa shape index (κ1) is 13.3. The lowest BCUT2D eigenvalue weighted by atomic mass is 10.2. The summed E-state index contributed by atoms with van der Waals surface area (Å²) in [5, 5.41) is 8.48. The highest BCUT2D eigenvalue weighted by atomic mass is 35.5. The van der Waals surface area contributed by atoms with Crippen molar-refractivity contribution >= 4 is 23.3 Å². The molecule has 0 unspecified atom stereocenters. The van der Waals surface area contributed by atoms with Gasteiger partial charge in [-0.2, -0.15) is 0 Å². The summed E-state index contributed by atoms with van der Waals surface area (Å²) >= 11 is 5.62. The van der Waals surface area contributed by atoms with E-state index < -0.39 is 5.91 Å². The van der Waals surface area contributed by atoms with Crippen molar-refractivity contribution in [3.8, 4) is 5.75 Å². The highest BCUT2D eigenvalue weighted by Gasteiger charge is 2.19. The molecule has 0 atom stereocenters. The van der Waals surface area contributed by atoms with Gasteiger partial charge in [-0.05, 0) is 24.3 Å². The second kappa shape index (κ2) is 5.64. The Bertz CT molecular complexity index is 589. The Morgan fingerprint density at radius 1 is 1.26 bits per heavy atom. The van der Waals surface area contributed by atoms with Crippen molar-refractivity contribution < 1.29 is 9.53 Å². The predicted molar refractivity (Wildman–Crippen MR) is 71.0 cm³/mol. The number of aromatic nitrogens is 2. The van der Waals surface area contributed by atoms with Crippen LogP contribution in [0.15, 0.2) is 36.4 Å². The Kier molecular flexibility index (Phi) is 3.94. The van der Waals surface area contributed by atoms with E-state index in [1.54, 1.807) is 24.3 Å². The van der Waals surface area contributed by atoms with Crippen molar-refractivity contribution in [2.75, 3.05) is 12.1 Å². The second-order valence-electron chi connectivity index (χ2n) is 3.59. The smallest absolute Gasteiger partial charge is 0.277 e. The Labute approximate surface area is 114 Å². The summed E-state index contributed by atoms with van der Waals surface area (Å²) in [6.45, 7) is 0. The molecule has 0 bridgehead atoms. The van der Waals surface area contributed by atoms with Gasteiger partial charge in [-0.15, -0.1) is 10.2 Å². The minimum atomic E-state index is -0.450. The molecule has 0 radical (unpaired) electrons. The van der Waals surface area contributed by atoms with Crippen molar-refractivity contribution in [3.63, 3.8) is 0 Å². The number of para-hydroxylation sites is 1. The highest BCUT2D eigenvalue weighted by molar-refractivity contribution is 6.29. The van der Waals surface area contributed by atoms with E-state index >= 15 is 0 Å². The molecular formula is C12H11ClN4O2. The summed E-state index contributed by atoms with van der Waals surface area (Å²) < 4.78 is 5.11. The number of benzene rings is 1. The summed E-state index contributed by atoms with van der Waals surface area (Å²) in [7, 11) is 1.48. The van der Waals surface area contributed by atoms with Crippen molar-refractivity contribution in [2.45, 2.75) is 0 Å². The first-order valence-corrected chi connectivity index (χ1v) is 5.72. The van der Waals surface area contributed by atoms with Gasteiger partial charge in [-0.3, -0.25) is 4.79 Å². The van der Waals surface area contributed by atoms with E-state index in [4.69, 9.17) is 22.2 Å². The van der Waals surface area contributed by atoms with Crippen molar-refractivity contribution in [1.82, 2.24) is 10.2 Å². The summed E-state index contributed by atoms with van der Waals surface area (Å²) in [6, 6.07) is 9.77. The zero-order chi connectivity index (χ0) is 13.8. The third-order valence-corrected chi connectivity index (χ3v) is 2.62. The largest absolute Gasteiger partial charge is 0.496 e. The fourth-order valence-corrected chi connectivity index (χ4v) is 1.59. The number of halogens is 1. The number of nitrogens with two attached hydrogens (primary N) is 1. The van der Waals surface area contributed by atoms with Gasteiger partial charge in [0.2, 0.25) is 0 Å². The number of hydrazine groups is 1. The molecule has 0 aliphatic heterocycles. The fourth-order valence-electron chi connectivity index (χ4n) is 1.49. The summed E-state index contributed by atoms with van der Waals surface area (Å²) in [5.41, 5.74) is 0.337. The summed E-state index contributed by atoms with van der Waals surface area (Å²) in [6.07, 6.45) is 0. The minimum Gasteiger partial charge on any atom is -0.496 e.